The molecule has 1 rings (SSSR count). The monoisotopic (exact) mass is 308 g/mol. The minimum absolute atomic E-state index is 0.108. The summed E-state index contributed by atoms with van der Waals surface area (Å²) in [7, 11) is -4.03. The quantitative estimate of drug-likeness (QED) is 0.705. The molecule has 0 bridgehead atoms. The van der Waals surface area contributed by atoms with Gasteiger partial charge in [-0.15, -0.1) is 0 Å². The van der Waals surface area contributed by atoms with Crippen LogP contribution >= 0.6 is 0 Å². The highest BCUT2D eigenvalue weighted by molar-refractivity contribution is 7.89. The van der Waals surface area contributed by atoms with E-state index in [9.17, 15) is 17.2 Å². The Morgan fingerprint density at radius 2 is 2.05 bits per heavy atom. The van der Waals surface area contributed by atoms with Crippen LogP contribution in [-0.4, -0.2) is 28.2 Å². The van der Waals surface area contributed by atoms with Gasteiger partial charge in [0.15, 0.2) is 5.82 Å². The largest absolute Gasteiger partial charge is 0.382 e. The van der Waals surface area contributed by atoms with Crippen LogP contribution < -0.4 is 10.5 Å². The molecule has 0 aromatic heterocycles. The number of nitrogens with two attached hydrogens (primary N) is 1. The van der Waals surface area contributed by atoms with Gasteiger partial charge in [-0.05, 0) is 25.5 Å². The van der Waals surface area contributed by atoms with Crippen LogP contribution in [0.1, 0.15) is 18.9 Å². The Kier molecular flexibility index (Phi) is 6.47. The van der Waals surface area contributed by atoms with E-state index in [0.29, 0.717) is 19.6 Å². The first-order valence-corrected chi connectivity index (χ1v) is 7.66. The van der Waals surface area contributed by atoms with E-state index in [2.05, 4.69) is 4.72 Å². The molecule has 0 atom stereocenters. The Balaban J connectivity index is 2.83. The van der Waals surface area contributed by atoms with E-state index in [1.807, 2.05) is 6.92 Å². The smallest absolute Gasteiger partial charge is 0.243 e. The molecule has 20 heavy (non-hydrogen) atoms. The van der Waals surface area contributed by atoms with Crippen molar-refractivity contribution in [2.75, 3.05) is 19.8 Å². The van der Waals surface area contributed by atoms with Gasteiger partial charge in [0.1, 0.15) is 10.7 Å². The number of nitrogens with one attached hydrogen (secondary N) is 1. The van der Waals surface area contributed by atoms with Crippen LogP contribution in [0, 0.1) is 11.6 Å². The first-order valence-electron chi connectivity index (χ1n) is 6.18. The number of halogens is 2. The molecular formula is C12H18F2N2O3S. The van der Waals surface area contributed by atoms with E-state index in [1.165, 1.54) is 0 Å². The zero-order valence-corrected chi connectivity index (χ0v) is 12.0. The predicted molar refractivity (Wildman–Crippen MR) is 70.5 cm³/mol. The minimum Gasteiger partial charge on any atom is -0.382 e. The zero-order valence-electron chi connectivity index (χ0n) is 11.2. The van der Waals surface area contributed by atoms with Gasteiger partial charge in [0, 0.05) is 31.9 Å². The molecule has 1 aromatic rings. The van der Waals surface area contributed by atoms with Gasteiger partial charge in [0.2, 0.25) is 10.0 Å². The summed E-state index contributed by atoms with van der Waals surface area (Å²) in [5.41, 5.74) is 4.76. The molecule has 0 fully saturated rings. The lowest BCUT2D eigenvalue weighted by molar-refractivity contribution is 0.146. The molecule has 0 aliphatic carbocycles. The molecular weight excluding hydrogens is 290 g/mol. The summed E-state index contributed by atoms with van der Waals surface area (Å²) in [6.45, 7) is 2.47. The van der Waals surface area contributed by atoms with E-state index in [0.717, 1.165) is 12.1 Å². The molecule has 8 heteroatoms. The second-order valence-electron chi connectivity index (χ2n) is 3.99. The molecule has 0 radical (unpaired) electrons. The fourth-order valence-electron chi connectivity index (χ4n) is 1.57. The fourth-order valence-corrected chi connectivity index (χ4v) is 2.75. The summed E-state index contributed by atoms with van der Waals surface area (Å²) in [4.78, 5) is -0.601. The van der Waals surface area contributed by atoms with Crippen molar-refractivity contribution < 1.29 is 21.9 Å². The van der Waals surface area contributed by atoms with Crippen LogP contribution in [0.5, 0.6) is 0 Å². The van der Waals surface area contributed by atoms with Gasteiger partial charge < -0.3 is 10.5 Å². The van der Waals surface area contributed by atoms with Crippen molar-refractivity contribution in [2.24, 2.45) is 5.73 Å². The van der Waals surface area contributed by atoms with Crippen molar-refractivity contribution >= 4 is 10.0 Å². The molecule has 0 spiro atoms. The van der Waals surface area contributed by atoms with E-state index in [-0.39, 0.29) is 6.54 Å². The van der Waals surface area contributed by atoms with Gasteiger partial charge in [-0.2, -0.15) is 0 Å². The Morgan fingerprint density at radius 1 is 1.35 bits per heavy atom. The maximum absolute atomic E-state index is 13.9. The second-order valence-corrected chi connectivity index (χ2v) is 5.73. The molecule has 0 heterocycles. The Hall–Kier alpha value is -1.09. The summed E-state index contributed by atoms with van der Waals surface area (Å²) >= 11 is 0. The molecule has 1 aromatic carbocycles. The number of hydrogen-bond acceptors (Lipinski definition) is 4. The third-order valence-corrected chi connectivity index (χ3v) is 4.08. The number of sulfonamides is 1. The lowest BCUT2D eigenvalue weighted by Crippen LogP contribution is -2.27. The Bertz CT molecular complexity index is 550. The van der Waals surface area contributed by atoms with Crippen molar-refractivity contribution in [3.05, 3.63) is 29.3 Å². The number of rotatable bonds is 8. The lowest BCUT2D eigenvalue weighted by atomic mass is 10.2. The van der Waals surface area contributed by atoms with Crippen molar-refractivity contribution in [2.45, 2.75) is 24.8 Å². The van der Waals surface area contributed by atoms with Gasteiger partial charge in [-0.1, -0.05) is 0 Å². The third kappa shape index (κ3) is 4.20. The second kappa shape index (κ2) is 7.63. The van der Waals surface area contributed by atoms with Gasteiger partial charge in [-0.3, -0.25) is 0 Å². The van der Waals surface area contributed by atoms with E-state index >= 15 is 0 Å². The van der Waals surface area contributed by atoms with Crippen molar-refractivity contribution in [1.29, 1.82) is 0 Å². The van der Waals surface area contributed by atoms with E-state index in [1.54, 1.807) is 0 Å². The van der Waals surface area contributed by atoms with Gasteiger partial charge in [0.05, 0.1) is 0 Å². The van der Waals surface area contributed by atoms with E-state index in [4.69, 9.17) is 10.5 Å². The molecule has 0 saturated carbocycles. The Morgan fingerprint density at radius 3 is 2.65 bits per heavy atom. The van der Waals surface area contributed by atoms with Crippen molar-refractivity contribution in [3.63, 3.8) is 0 Å². The zero-order chi connectivity index (χ0) is 15.2. The molecule has 0 amide bonds. The summed E-state index contributed by atoms with van der Waals surface area (Å²) in [6, 6.07) is 1.77. The fraction of sp³-hybridized carbons (Fsp3) is 0.500. The SMILES string of the molecule is CCOCCCNS(=O)(=O)c1ccc(F)c(CN)c1F. The van der Waals surface area contributed by atoms with Crippen molar-refractivity contribution in [3.8, 4) is 0 Å². The molecule has 0 unspecified atom stereocenters. The predicted octanol–water partition coefficient (Wildman–Crippen LogP) is 1.13. The molecule has 0 aliphatic rings. The number of benzene rings is 1. The summed E-state index contributed by atoms with van der Waals surface area (Å²) < 4.78 is 58.3. The molecule has 114 valence electrons. The third-order valence-electron chi connectivity index (χ3n) is 2.61. The highest BCUT2D eigenvalue weighted by atomic mass is 32.2. The normalized spacial score (nSPS) is 11.8. The lowest BCUT2D eigenvalue weighted by Gasteiger charge is -2.10. The summed E-state index contributed by atoms with van der Waals surface area (Å²) in [5, 5.41) is 0. The van der Waals surface area contributed by atoms with E-state index < -0.39 is 38.7 Å². The topological polar surface area (TPSA) is 81.4 Å². The van der Waals surface area contributed by atoms with Crippen LogP contribution in [0.15, 0.2) is 17.0 Å². The summed E-state index contributed by atoms with van der Waals surface area (Å²) in [6.07, 6.45) is 0.458. The van der Waals surface area contributed by atoms with Gasteiger partial charge in [-0.25, -0.2) is 21.9 Å². The average molecular weight is 308 g/mol. The first-order chi connectivity index (χ1) is 9.44. The van der Waals surface area contributed by atoms with Crippen LogP contribution in [0.4, 0.5) is 8.78 Å². The highest BCUT2D eigenvalue weighted by Gasteiger charge is 2.22. The molecule has 0 aliphatic heterocycles. The van der Waals surface area contributed by atoms with Crippen LogP contribution in [0.25, 0.3) is 0 Å². The molecule has 3 N–H and O–H groups in total. The van der Waals surface area contributed by atoms with Crippen molar-refractivity contribution in [1.82, 2.24) is 4.72 Å². The Labute approximate surface area is 117 Å². The maximum Gasteiger partial charge on any atom is 0.243 e. The minimum atomic E-state index is -4.03. The summed E-state index contributed by atoms with van der Waals surface area (Å²) in [5.74, 6) is -2.01. The maximum atomic E-state index is 13.9. The van der Waals surface area contributed by atoms with Crippen LogP contribution in [-0.2, 0) is 21.3 Å². The number of ether oxygens (including phenoxy) is 1. The molecule has 0 saturated heterocycles. The molecule has 5 nitrogen and oxygen atoms in total. The number of hydrogen-bond donors (Lipinski definition) is 2. The van der Waals surface area contributed by atoms with Crippen LogP contribution in [0.2, 0.25) is 0 Å². The van der Waals surface area contributed by atoms with Gasteiger partial charge >= 0.3 is 0 Å². The standard InChI is InChI=1S/C12H18F2N2O3S/c1-2-19-7-3-6-16-20(17,18)11-5-4-10(13)9(8-15)12(11)14/h4-5,16H,2-3,6-8,15H2,1H3. The van der Waals surface area contributed by atoms with Gasteiger partial charge in [0.25, 0.3) is 0 Å². The average Bonchev–Trinajstić information content (AvgIpc) is 2.38. The highest BCUT2D eigenvalue weighted by Crippen LogP contribution is 2.20. The van der Waals surface area contributed by atoms with Crippen LogP contribution in [0.3, 0.4) is 0 Å². The first kappa shape index (κ1) is 17.0.